The molecule has 4 rings (SSSR count). The second-order valence-corrected chi connectivity index (χ2v) is 6.75. The lowest BCUT2D eigenvalue weighted by Crippen LogP contribution is -2.14. The van der Waals surface area contributed by atoms with Crippen LogP contribution < -0.4 is 4.74 Å². The molecule has 0 saturated carbocycles. The monoisotopic (exact) mass is 364 g/mol. The number of benzene rings is 2. The lowest BCUT2D eigenvalue weighted by Gasteiger charge is -2.05. The summed E-state index contributed by atoms with van der Waals surface area (Å²) >= 11 is 0. The summed E-state index contributed by atoms with van der Waals surface area (Å²) in [5.74, 6) is -0.0660. The minimum absolute atomic E-state index is 0.111. The van der Waals surface area contributed by atoms with E-state index in [1.54, 1.807) is 38.3 Å². The smallest absolute Gasteiger partial charge is 0.375 e. The Morgan fingerprint density at radius 1 is 1.07 bits per heavy atom. The van der Waals surface area contributed by atoms with Crippen LogP contribution in [0.3, 0.4) is 0 Å². The lowest BCUT2D eigenvalue weighted by atomic mass is 10.0. The molecule has 2 aromatic carbocycles. The Bertz CT molecular complexity index is 1040. The van der Waals surface area contributed by atoms with E-state index < -0.39 is 5.97 Å². The number of fused-ring (bicyclic) bond motifs is 2. The summed E-state index contributed by atoms with van der Waals surface area (Å²) in [5.41, 5.74) is 4.34. The number of aryl methyl sites for hydroxylation is 3. The van der Waals surface area contributed by atoms with Gasteiger partial charge < -0.3 is 13.9 Å². The van der Waals surface area contributed by atoms with Crippen molar-refractivity contribution in [1.29, 1.82) is 0 Å². The van der Waals surface area contributed by atoms with Gasteiger partial charge in [0.15, 0.2) is 12.4 Å². The molecule has 0 fully saturated rings. The summed E-state index contributed by atoms with van der Waals surface area (Å²) in [6.45, 7) is 1.47. The van der Waals surface area contributed by atoms with Crippen molar-refractivity contribution in [2.24, 2.45) is 0 Å². The molecule has 5 heteroatoms. The number of furan rings is 1. The Labute approximate surface area is 156 Å². The maximum atomic E-state index is 12.4. The predicted molar refractivity (Wildman–Crippen MR) is 101 cm³/mol. The van der Waals surface area contributed by atoms with Gasteiger partial charge in [0.1, 0.15) is 11.3 Å². The average Bonchev–Trinajstić information content (AvgIpc) is 3.29. The number of carbonyl (C=O) groups excluding carboxylic acids is 2. The van der Waals surface area contributed by atoms with Gasteiger partial charge in [-0.25, -0.2) is 4.79 Å². The maximum Gasteiger partial charge on any atom is 0.375 e. The molecule has 27 heavy (non-hydrogen) atoms. The molecule has 1 aliphatic carbocycles. The van der Waals surface area contributed by atoms with Crippen LogP contribution in [-0.2, 0) is 17.6 Å². The van der Waals surface area contributed by atoms with Crippen LogP contribution in [0.25, 0.3) is 11.0 Å². The zero-order valence-corrected chi connectivity index (χ0v) is 15.3. The lowest BCUT2D eigenvalue weighted by molar-refractivity contribution is 0.0445. The number of carbonyl (C=O) groups is 2. The fourth-order valence-electron chi connectivity index (χ4n) is 3.55. The van der Waals surface area contributed by atoms with E-state index in [2.05, 4.69) is 0 Å². The van der Waals surface area contributed by atoms with Crippen molar-refractivity contribution in [1.82, 2.24) is 0 Å². The number of methoxy groups -OCH3 is 1. The van der Waals surface area contributed by atoms with Gasteiger partial charge in [-0.15, -0.1) is 0 Å². The minimum atomic E-state index is -0.642. The summed E-state index contributed by atoms with van der Waals surface area (Å²) in [5, 5.41) is 0.784. The van der Waals surface area contributed by atoms with Crippen LogP contribution in [0.4, 0.5) is 0 Å². The van der Waals surface area contributed by atoms with Crippen molar-refractivity contribution < 1.29 is 23.5 Å². The molecule has 1 heterocycles. The molecule has 0 radical (unpaired) electrons. The summed E-state index contributed by atoms with van der Waals surface area (Å²) in [6, 6.07) is 11.0. The number of hydrogen-bond acceptors (Lipinski definition) is 5. The van der Waals surface area contributed by atoms with Crippen molar-refractivity contribution in [3.05, 3.63) is 64.4 Å². The molecule has 0 saturated heterocycles. The Kier molecular flexibility index (Phi) is 4.44. The molecule has 0 N–H and O–H groups in total. The molecular weight excluding hydrogens is 344 g/mol. The molecule has 1 aromatic heterocycles. The third-order valence-corrected chi connectivity index (χ3v) is 5.08. The Hall–Kier alpha value is -3.08. The molecule has 0 spiro atoms. The number of ether oxygens (including phenoxy) is 2. The molecule has 3 aromatic rings. The van der Waals surface area contributed by atoms with Crippen LogP contribution in [0.2, 0.25) is 0 Å². The number of esters is 1. The highest BCUT2D eigenvalue weighted by atomic mass is 16.5. The quantitative estimate of drug-likeness (QED) is 0.499. The average molecular weight is 364 g/mol. The van der Waals surface area contributed by atoms with Crippen LogP contribution in [0, 0.1) is 6.92 Å². The highest BCUT2D eigenvalue weighted by molar-refractivity contribution is 6.00. The standard InChI is InChI=1S/C22H20O5/c1-13-18-11-17(25-2)8-9-20(18)27-21(13)22(24)26-12-19(23)16-7-6-14-4-3-5-15(14)10-16/h6-11H,3-5,12H2,1-2H3. The van der Waals surface area contributed by atoms with Crippen LogP contribution in [0.1, 0.15) is 44.0 Å². The second-order valence-electron chi connectivity index (χ2n) is 6.75. The first-order valence-electron chi connectivity index (χ1n) is 8.96. The Morgan fingerprint density at radius 3 is 2.70 bits per heavy atom. The summed E-state index contributed by atoms with van der Waals surface area (Å²) in [7, 11) is 1.58. The van der Waals surface area contributed by atoms with E-state index in [9.17, 15) is 9.59 Å². The molecule has 0 bridgehead atoms. The number of hydrogen-bond donors (Lipinski definition) is 0. The molecule has 5 nitrogen and oxygen atoms in total. The SMILES string of the molecule is COc1ccc2oc(C(=O)OCC(=O)c3ccc4c(c3)CCC4)c(C)c2c1. The molecule has 0 aliphatic heterocycles. The molecular formula is C22H20O5. The molecule has 0 atom stereocenters. The topological polar surface area (TPSA) is 65.7 Å². The first-order chi connectivity index (χ1) is 13.1. The van der Waals surface area contributed by atoms with Crippen molar-refractivity contribution in [2.75, 3.05) is 13.7 Å². The van der Waals surface area contributed by atoms with Gasteiger partial charge in [-0.05, 0) is 61.6 Å². The van der Waals surface area contributed by atoms with E-state index in [0.717, 1.165) is 24.6 Å². The third kappa shape index (κ3) is 3.21. The minimum Gasteiger partial charge on any atom is -0.497 e. The fraction of sp³-hybridized carbons (Fsp3) is 0.273. The first kappa shape index (κ1) is 17.3. The van der Waals surface area contributed by atoms with Gasteiger partial charge in [-0.1, -0.05) is 12.1 Å². The molecule has 1 aliphatic rings. The van der Waals surface area contributed by atoms with Crippen LogP contribution in [0.5, 0.6) is 5.75 Å². The molecule has 138 valence electrons. The van der Waals surface area contributed by atoms with Crippen molar-refractivity contribution in [3.63, 3.8) is 0 Å². The highest BCUT2D eigenvalue weighted by Gasteiger charge is 2.21. The zero-order valence-electron chi connectivity index (χ0n) is 15.3. The number of Topliss-reactive ketones (excluding diaryl/α,β-unsaturated/α-hetero) is 1. The van der Waals surface area contributed by atoms with Crippen LogP contribution in [0.15, 0.2) is 40.8 Å². The van der Waals surface area contributed by atoms with Gasteiger partial charge >= 0.3 is 5.97 Å². The van der Waals surface area contributed by atoms with Gasteiger partial charge in [-0.3, -0.25) is 4.79 Å². The largest absolute Gasteiger partial charge is 0.497 e. The zero-order chi connectivity index (χ0) is 19.0. The number of ketones is 1. The summed E-state index contributed by atoms with van der Waals surface area (Å²) in [6.07, 6.45) is 3.19. The van der Waals surface area contributed by atoms with Gasteiger partial charge in [0.2, 0.25) is 5.76 Å². The van der Waals surface area contributed by atoms with E-state index in [1.807, 2.05) is 12.1 Å². The van der Waals surface area contributed by atoms with Gasteiger partial charge in [0.05, 0.1) is 7.11 Å². The van der Waals surface area contributed by atoms with Gasteiger partial charge in [-0.2, -0.15) is 0 Å². The Morgan fingerprint density at radius 2 is 1.89 bits per heavy atom. The van der Waals surface area contributed by atoms with Gasteiger partial charge in [0.25, 0.3) is 0 Å². The van der Waals surface area contributed by atoms with E-state index in [-0.39, 0.29) is 18.2 Å². The van der Waals surface area contributed by atoms with Crippen molar-refractivity contribution in [2.45, 2.75) is 26.2 Å². The molecule has 0 unspecified atom stereocenters. The van der Waals surface area contributed by atoms with Crippen LogP contribution in [-0.4, -0.2) is 25.5 Å². The fourth-order valence-corrected chi connectivity index (χ4v) is 3.55. The van der Waals surface area contributed by atoms with E-state index in [1.165, 1.54) is 11.1 Å². The van der Waals surface area contributed by atoms with Crippen molar-refractivity contribution >= 4 is 22.7 Å². The highest BCUT2D eigenvalue weighted by Crippen LogP contribution is 2.29. The molecule has 0 amide bonds. The first-order valence-corrected chi connectivity index (χ1v) is 8.96. The van der Waals surface area contributed by atoms with E-state index in [4.69, 9.17) is 13.9 Å². The van der Waals surface area contributed by atoms with Gasteiger partial charge in [0, 0.05) is 16.5 Å². The van der Waals surface area contributed by atoms with E-state index >= 15 is 0 Å². The van der Waals surface area contributed by atoms with Crippen LogP contribution >= 0.6 is 0 Å². The Balaban J connectivity index is 1.48. The van der Waals surface area contributed by atoms with E-state index in [0.29, 0.717) is 22.5 Å². The number of rotatable bonds is 5. The van der Waals surface area contributed by atoms with Crippen molar-refractivity contribution in [3.8, 4) is 5.75 Å². The third-order valence-electron chi connectivity index (χ3n) is 5.08. The maximum absolute atomic E-state index is 12.4. The second kappa shape index (κ2) is 6.91. The summed E-state index contributed by atoms with van der Waals surface area (Å²) < 4.78 is 16.0. The summed E-state index contributed by atoms with van der Waals surface area (Å²) in [4.78, 5) is 24.8. The normalized spacial score (nSPS) is 12.8. The predicted octanol–water partition coefficient (Wildman–Crippen LogP) is 4.28.